The number of hydrogen-bond donors (Lipinski definition) is 0. The predicted octanol–water partition coefficient (Wildman–Crippen LogP) is 0.864. The minimum Gasteiger partial charge on any atom is -0.276 e. The average Bonchev–Trinajstić information content (AvgIpc) is 1.68. The zero-order valence-corrected chi connectivity index (χ0v) is 4.69. The Balaban J connectivity index is 2.29. The molecule has 0 aromatic carbocycles. The van der Waals surface area contributed by atoms with Gasteiger partial charge in [0.25, 0.3) is 0 Å². The molecular formula is C5H10FN. The minimum absolute atomic E-state index is 0.269. The zero-order valence-electron chi connectivity index (χ0n) is 4.69. The Bertz CT molecular complexity index is 66.5. The zero-order chi connectivity index (χ0) is 5.44. The standard InChI is InChI=1S/C5H10FN/c1-4-3-7(2)5(4)6/h4-5H,3H2,1-2H3. The molecule has 42 valence electrons. The highest BCUT2D eigenvalue weighted by Crippen LogP contribution is 2.22. The smallest absolute Gasteiger partial charge is 0.157 e. The third kappa shape index (κ3) is 0.630. The predicted molar refractivity (Wildman–Crippen MR) is 26.7 cm³/mol. The highest BCUT2D eigenvalue weighted by molar-refractivity contribution is 4.77. The summed E-state index contributed by atoms with van der Waals surface area (Å²) in [6.45, 7) is 2.84. The van der Waals surface area contributed by atoms with Gasteiger partial charge in [-0.25, -0.2) is 4.39 Å². The molecule has 2 heteroatoms. The van der Waals surface area contributed by atoms with Crippen molar-refractivity contribution in [2.24, 2.45) is 5.92 Å². The second kappa shape index (κ2) is 1.44. The van der Waals surface area contributed by atoms with Crippen LogP contribution in [-0.2, 0) is 0 Å². The van der Waals surface area contributed by atoms with E-state index in [0.29, 0.717) is 0 Å². The monoisotopic (exact) mass is 103 g/mol. The Morgan fingerprint density at radius 3 is 2.29 bits per heavy atom. The molecule has 1 rings (SSSR count). The normalized spacial score (nSPS) is 43.3. The lowest BCUT2D eigenvalue weighted by molar-refractivity contribution is -0.0437. The van der Waals surface area contributed by atoms with E-state index in [1.54, 1.807) is 11.9 Å². The third-order valence-corrected chi connectivity index (χ3v) is 1.47. The molecular weight excluding hydrogens is 93.1 g/mol. The first kappa shape index (κ1) is 5.04. The lowest BCUT2D eigenvalue weighted by atomic mass is 10.0. The van der Waals surface area contributed by atoms with Gasteiger partial charge in [0.15, 0.2) is 6.30 Å². The van der Waals surface area contributed by atoms with E-state index in [0.717, 1.165) is 6.54 Å². The molecule has 1 aliphatic rings. The Hall–Kier alpha value is -0.110. The first-order valence-corrected chi connectivity index (χ1v) is 2.56. The largest absolute Gasteiger partial charge is 0.276 e. The van der Waals surface area contributed by atoms with E-state index in [2.05, 4.69) is 0 Å². The van der Waals surface area contributed by atoms with E-state index in [-0.39, 0.29) is 5.92 Å². The van der Waals surface area contributed by atoms with Crippen LogP contribution in [0.1, 0.15) is 6.92 Å². The average molecular weight is 103 g/mol. The van der Waals surface area contributed by atoms with Gasteiger partial charge in [0.1, 0.15) is 0 Å². The van der Waals surface area contributed by atoms with E-state index in [4.69, 9.17) is 0 Å². The fourth-order valence-electron chi connectivity index (χ4n) is 0.938. The number of nitrogens with zero attached hydrogens (tertiary/aromatic N) is 1. The van der Waals surface area contributed by atoms with Crippen LogP contribution in [0.5, 0.6) is 0 Å². The molecule has 0 N–H and O–H groups in total. The Labute approximate surface area is 43.1 Å². The van der Waals surface area contributed by atoms with Crippen LogP contribution in [0.15, 0.2) is 0 Å². The molecule has 2 unspecified atom stereocenters. The number of hydrogen-bond acceptors (Lipinski definition) is 1. The summed E-state index contributed by atoms with van der Waals surface area (Å²) in [7, 11) is 1.80. The second-order valence-corrected chi connectivity index (χ2v) is 2.29. The van der Waals surface area contributed by atoms with Crippen molar-refractivity contribution in [1.82, 2.24) is 4.90 Å². The molecule has 0 aromatic heterocycles. The molecule has 1 aliphatic heterocycles. The quantitative estimate of drug-likeness (QED) is 0.411. The van der Waals surface area contributed by atoms with Crippen molar-refractivity contribution in [3.63, 3.8) is 0 Å². The number of likely N-dealkylation sites (tertiary alicyclic amines) is 1. The van der Waals surface area contributed by atoms with E-state index in [1.807, 2.05) is 6.92 Å². The van der Waals surface area contributed by atoms with Crippen LogP contribution in [0, 0.1) is 5.92 Å². The summed E-state index contributed by atoms with van der Waals surface area (Å²) in [6.07, 6.45) is -0.667. The van der Waals surface area contributed by atoms with Gasteiger partial charge in [-0.3, -0.25) is 4.90 Å². The van der Waals surface area contributed by atoms with Crippen molar-refractivity contribution in [1.29, 1.82) is 0 Å². The van der Waals surface area contributed by atoms with Crippen molar-refractivity contribution in [3.8, 4) is 0 Å². The van der Waals surface area contributed by atoms with E-state index >= 15 is 0 Å². The van der Waals surface area contributed by atoms with Gasteiger partial charge in [0.05, 0.1) is 0 Å². The molecule has 2 atom stereocenters. The number of halogens is 1. The lowest BCUT2D eigenvalue weighted by Gasteiger charge is -2.37. The molecule has 7 heavy (non-hydrogen) atoms. The molecule has 0 spiro atoms. The van der Waals surface area contributed by atoms with Gasteiger partial charge in [-0.05, 0) is 7.05 Å². The van der Waals surface area contributed by atoms with Crippen molar-refractivity contribution < 1.29 is 4.39 Å². The van der Waals surface area contributed by atoms with Crippen LogP contribution < -0.4 is 0 Å². The van der Waals surface area contributed by atoms with E-state index in [9.17, 15) is 4.39 Å². The molecule has 0 aliphatic carbocycles. The topological polar surface area (TPSA) is 3.24 Å². The molecule has 0 saturated carbocycles. The maximum atomic E-state index is 12.2. The van der Waals surface area contributed by atoms with Crippen molar-refractivity contribution in [2.45, 2.75) is 13.2 Å². The van der Waals surface area contributed by atoms with Gasteiger partial charge in [0.2, 0.25) is 0 Å². The van der Waals surface area contributed by atoms with Gasteiger partial charge in [-0.15, -0.1) is 0 Å². The van der Waals surface area contributed by atoms with Gasteiger partial charge in [-0.1, -0.05) is 6.92 Å². The van der Waals surface area contributed by atoms with Crippen LogP contribution in [0.25, 0.3) is 0 Å². The molecule has 0 radical (unpaired) electrons. The van der Waals surface area contributed by atoms with E-state index in [1.165, 1.54) is 0 Å². The Morgan fingerprint density at radius 2 is 2.29 bits per heavy atom. The lowest BCUT2D eigenvalue weighted by Crippen LogP contribution is -2.49. The molecule has 1 fully saturated rings. The Morgan fingerprint density at radius 1 is 1.71 bits per heavy atom. The first-order valence-electron chi connectivity index (χ1n) is 2.56. The first-order chi connectivity index (χ1) is 3.22. The van der Waals surface area contributed by atoms with Crippen LogP contribution in [0.4, 0.5) is 4.39 Å². The van der Waals surface area contributed by atoms with Crippen LogP contribution in [0.2, 0.25) is 0 Å². The van der Waals surface area contributed by atoms with Crippen molar-refractivity contribution >= 4 is 0 Å². The van der Waals surface area contributed by atoms with Crippen LogP contribution in [0.3, 0.4) is 0 Å². The molecule has 0 amide bonds. The second-order valence-electron chi connectivity index (χ2n) is 2.29. The highest BCUT2D eigenvalue weighted by atomic mass is 19.1. The third-order valence-electron chi connectivity index (χ3n) is 1.47. The number of alkyl halides is 1. The summed E-state index contributed by atoms with van der Waals surface area (Å²) >= 11 is 0. The van der Waals surface area contributed by atoms with Gasteiger partial charge in [-0.2, -0.15) is 0 Å². The Kier molecular flexibility index (Phi) is 1.04. The number of rotatable bonds is 0. The SMILES string of the molecule is CC1CN(C)C1F. The molecule has 1 nitrogen and oxygen atoms in total. The molecule has 0 bridgehead atoms. The van der Waals surface area contributed by atoms with E-state index < -0.39 is 6.30 Å². The van der Waals surface area contributed by atoms with Crippen molar-refractivity contribution in [3.05, 3.63) is 0 Å². The summed E-state index contributed by atoms with van der Waals surface area (Å²) in [5.74, 6) is 0.269. The van der Waals surface area contributed by atoms with Crippen LogP contribution >= 0.6 is 0 Å². The van der Waals surface area contributed by atoms with Gasteiger partial charge >= 0.3 is 0 Å². The highest BCUT2D eigenvalue weighted by Gasteiger charge is 2.31. The summed E-state index contributed by atoms with van der Waals surface area (Å²) in [5.41, 5.74) is 0. The van der Waals surface area contributed by atoms with Crippen LogP contribution in [-0.4, -0.2) is 24.8 Å². The molecule has 1 heterocycles. The summed E-state index contributed by atoms with van der Waals surface area (Å²) in [6, 6.07) is 0. The van der Waals surface area contributed by atoms with Gasteiger partial charge < -0.3 is 0 Å². The fraction of sp³-hybridized carbons (Fsp3) is 1.00. The summed E-state index contributed by atoms with van der Waals surface area (Å²) < 4.78 is 12.2. The maximum absolute atomic E-state index is 12.2. The fourth-order valence-corrected chi connectivity index (χ4v) is 0.938. The van der Waals surface area contributed by atoms with Gasteiger partial charge in [0, 0.05) is 12.5 Å². The maximum Gasteiger partial charge on any atom is 0.157 e. The summed E-state index contributed by atoms with van der Waals surface area (Å²) in [5, 5.41) is 0. The van der Waals surface area contributed by atoms with Crippen molar-refractivity contribution in [2.75, 3.05) is 13.6 Å². The molecule has 1 saturated heterocycles. The molecule has 0 aromatic rings. The summed E-state index contributed by atoms with van der Waals surface area (Å²) in [4.78, 5) is 1.70. The minimum atomic E-state index is -0.667.